The number of aliphatic hydroxyl groups excluding tert-OH is 6. The second-order valence-corrected chi connectivity index (χ2v) is 30.7. The summed E-state index contributed by atoms with van der Waals surface area (Å²) in [6.07, 6.45) is 17.2. The van der Waals surface area contributed by atoms with Gasteiger partial charge in [0.05, 0.1) is 66.1 Å². The highest BCUT2D eigenvalue weighted by Crippen LogP contribution is 2.31. The van der Waals surface area contributed by atoms with Crippen LogP contribution in [0.4, 0.5) is 60.0 Å². The van der Waals surface area contributed by atoms with Crippen LogP contribution in [0.15, 0.2) is 121 Å². The molecule has 0 unspecified atom stereocenters. The van der Waals surface area contributed by atoms with Gasteiger partial charge in [-0.1, -0.05) is 64.6 Å². The van der Waals surface area contributed by atoms with Gasteiger partial charge in [0.2, 0.25) is 11.6 Å². The Kier molecular flexibility index (Phi) is 44.1. The number of halogens is 2. The number of likely N-dealkylation sites (tertiary alicyclic amines) is 1. The van der Waals surface area contributed by atoms with Crippen molar-refractivity contribution in [2.24, 2.45) is 10.5 Å². The number of aldehydes is 1. The molecule has 50 heteroatoms. The van der Waals surface area contributed by atoms with Crippen molar-refractivity contribution in [1.29, 1.82) is 0 Å². The van der Waals surface area contributed by atoms with Crippen molar-refractivity contribution in [3.05, 3.63) is 189 Å². The van der Waals surface area contributed by atoms with E-state index < -0.39 is 80.2 Å². The molecule has 1 aliphatic rings. The van der Waals surface area contributed by atoms with Crippen molar-refractivity contribution in [2.45, 2.75) is 147 Å². The molecule has 634 valence electrons. The number of nitrogens with zero attached hydrogens (tertiary/aromatic N) is 25. The largest absolute Gasteiger partial charge is 0.399 e. The molecule has 5 heterocycles. The van der Waals surface area contributed by atoms with E-state index >= 15 is 0 Å². The second-order valence-electron chi connectivity index (χ2n) is 26.2. The first-order chi connectivity index (χ1) is 56.1. The van der Waals surface area contributed by atoms with Crippen LogP contribution in [-0.2, 0) is 4.79 Å². The SMILES string of the molecule is C[Si](C)(C)N=[N+]=[N-].NCCCCCCO.Nc1ccc(F)c([N+](=O)[O-])c1.O=CCCCCCNc1ccc(-n2cnnn2)cc1[N+](=O)[O-].O=[N+]([O-])c1cc(-n2cnnn2)ccc1F.O=[N+]([O-])c1cc(-n2cnnn2)ccc1NCCCCCCN1C[C@H](O)[C@@H](O)[C@H](O)[C@H]1CO.O=[N+]([O-])c1cc(-n2cnnn2)ccc1NCCCCCCO. The average Bonchev–Trinajstić information content (AvgIpc) is 1.21. The molecule has 47 nitrogen and oxygen atoms in total. The van der Waals surface area contributed by atoms with E-state index in [4.69, 9.17) is 27.2 Å². The summed E-state index contributed by atoms with van der Waals surface area (Å²) in [7, 11) is -1.45. The van der Waals surface area contributed by atoms with Gasteiger partial charge in [0.1, 0.15) is 69.1 Å². The second kappa shape index (κ2) is 53.4. The van der Waals surface area contributed by atoms with Crippen molar-refractivity contribution < 1.29 is 68.8 Å². The first kappa shape index (κ1) is 96.7. The smallest absolute Gasteiger partial charge is 0.306 e. The lowest BCUT2D eigenvalue weighted by molar-refractivity contribution is -0.387. The number of nitrogens with one attached hydrogen (secondary N) is 3. The molecule has 13 N–H and O–H groups in total. The summed E-state index contributed by atoms with van der Waals surface area (Å²) in [5, 5.41) is 162. The molecule has 1 aliphatic heterocycles. The lowest BCUT2D eigenvalue weighted by Gasteiger charge is -2.43. The third-order valence-electron chi connectivity index (χ3n) is 16.4. The van der Waals surface area contributed by atoms with Crippen molar-refractivity contribution in [1.82, 2.24) is 85.7 Å². The number of aromatic nitrogens is 16. The maximum absolute atomic E-state index is 13.0. The average molecular weight is 1660 g/mol. The van der Waals surface area contributed by atoms with E-state index in [1.54, 1.807) is 41.3 Å². The summed E-state index contributed by atoms with van der Waals surface area (Å²) in [6.45, 7) is 9.62. The van der Waals surface area contributed by atoms with Crippen LogP contribution >= 0.6 is 0 Å². The minimum atomic E-state index is -1.45. The summed E-state index contributed by atoms with van der Waals surface area (Å²) in [6, 6.07) is 20.3. The highest BCUT2D eigenvalue weighted by Gasteiger charge is 2.40. The molecule has 117 heavy (non-hydrogen) atoms. The van der Waals surface area contributed by atoms with Gasteiger partial charge in [0.25, 0.3) is 17.1 Å². The molecule has 0 spiro atoms. The number of nitro groups is 5. The third-order valence-corrected chi connectivity index (χ3v) is 17.0. The van der Waals surface area contributed by atoms with Gasteiger partial charge in [-0.05, 0) is 177 Å². The van der Waals surface area contributed by atoms with Crippen LogP contribution in [0.25, 0.3) is 33.2 Å². The van der Waals surface area contributed by atoms with Gasteiger partial charge in [-0.25, -0.2) is 18.7 Å². The van der Waals surface area contributed by atoms with Crippen LogP contribution in [0.3, 0.4) is 0 Å². The third kappa shape index (κ3) is 35.3. The van der Waals surface area contributed by atoms with Gasteiger partial charge >= 0.3 is 11.4 Å². The summed E-state index contributed by atoms with van der Waals surface area (Å²) in [5.41, 5.74) is 20.5. The maximum atomic E-state index is 13.0. The monoisotopic (exact) mass is 1660 g/mol. The quantitative estimate of drug-likeness (QED) is 0.00209. The number of tetrazole rings is 4. The number of azide groups is 1. The van der Waals surface area contributed by atoms with E-state index in [1.807, 2.05) is 19.6 Å². The van der Waals surface area contributed by atoms with Gasteiger partial charge in [-0.3, -0.25) is 55.5 Å². The number of nitro benzene ring substituents is 5. The van der Waals surface area contributed by atoms with E-state index in [1.165, 1.54) is 74.4 Å². The zero-order valence-electron chi connectivity index (χ0n) is 64.3. The summed E-state index contributed by atoms with van der Waals surface area (Å²) < 4.78 is 34.3. The molecule has 0 aliphatic carbocycles. The van der Waals surface area contributed by atoms with Crippen LogP contribution < -0.4 is 27.4 Å². The van der Waals surface area contributed by atoms with Crippen molar-refractivity contribution in [3.63, 3.8) is 0 Å². The fraction of sp³-hybridized carbons (Fsp3) is 0.478. The predicted octanol–water partition coefficient (Wildman–Crippen LogP) is 7.23. The number of nitrogens with two attached hydrogens (primary N) is 2. The Balaban J connectivity index is 0.000000303. The number of aliphatic hydroxyl groups is 6. The van der Waals surface area contributed by atoms with Crippen LogP contribution in [0, 0.1) is 62.2 Å². The van der Waals surface area contributed by atoms with E-state index in [0.29, 0.717) is 79.0 Å². The number of nitrogen functional groups attached to an aromatic ring is 1. The van der Waals surface area contributed by atoms with Gasteiger partial charge < -0.3 is 62.9 Å². The molecular weight excluding hydrogens is 1560 g/mol. The number of rotatable bonds is 38. The Labute approximate surface area is 667 Å². The van der Waals surface area contributed by atoms with E-state index in [9.17, 15) is 84.6 Å². The van der Waals surface area contributed by atoms with Gasteiger partial charge in [0, 0.05) is 81.8 Å². The number of hydrogen-bond donors (Lipinski definition) is 11. The van der Waals surface area contributed by atoms with E-state index in [0.717, 1.165) is 133 Å². The predicted molar refractivity (Wildman–Crippen MR) is 422 cm³/mol. The number of unbranched alkanes of at least 4 members (excludes halogenated alkanes) is 12. The Morgan fingerprint density at radius 3 is 1.19 bits per heavy atom. The first-order valence-corrected chi connectivity index (χ1v) is 40.0. The minimum absolute atomic E-state index is 0.0108. The molecule has 10 rings (SSSR count). The number of benzene rings is 5. The van der Waals surface area contributed by atoms with Gasteiger partial charge in [-0.2, -0.15) is 8.78 Å². The summed E-state index contributed by atoms with van der Waals surface area (Å²) in [5.74, 6) is -1.76. The number of carbonyl (C=O) groups is 1. The molecule has 0 saturated carbocycles. The highest BCUT2D eigenvalue weighted by molar-refractivity contribution is 6.74. The number of carbonyl (C=O) groups excluding carboxylic acids is 1. The normalized spacial score (nSPS) is 13.9. The molecule has 1 fully saturated rings. The molecule has 1 saturated heterocycles. The van der Waals surface area contributed by atoms with Crippen molar-refractivity contribution in [3.8, 4) is 22.7 Å². The maximum Gasteiger partial charge on any atom is 0.306 e. The van der Waals surface area contributed by atoms with Crippen LogP contribution in [0.5, 0.6) is 0 Å². The number of β-amino-alcohol motifs (C(OH)–C–C–N with tert-alkyl or cyclic N) is 1. The van der Waals surface area contributed by atoms with Gasteiger partial charge in [-0.15, -0.1) is 25.2 Å². The first-order valence-electron chi connectivity index (χ1n) is 36.6. The molecule has 4 aromatic heterocycles. The zero-order valence-corrected chi connectivity index (χ0v) is 65.3. The lowest BCUT2D eigenvalue weighted by Crippen LogP contribution is -2.62. The molecule has 4 atom stereocenters. The Hall–Kier alpha value is -12.7. The van der Waals surface area contributed by atoms with Crippen LogP contribution in [0.2, 0.25) is 19.6 Å². The summed E-state index contributed by atoms with van der Waals surface area (Å²) >= 11 is 0. The van der Waals surface area contributed by atoms with Crippen LogP contribution in [0.1, 0.15) is 103 Å². The Morgan fingerprint density at radius 1 is 0.513 bits per heavy atom. The molecule has 0 bridgehead atoms. The standard InChI is InChI=1S/C19H29N7O6.C13H18N6O3.C13H16N6O3.C7H4FN5O2.C6H5FN2O2.C6H15NO.C3H9N3Si/c27-11-16-18(29)19(30)17(28)10-24(16)8-4-2-1-3-7-20-14-6-5-13(9-15(14)26(31)32)25-12-21-22-23-25;2*20-8-4-2-1-3-7-14-12-6-5-11(9-13(12)19(21)22)18-10-15-16-17-18;8-6-2-1-5(3-7(6)13(14)15)12-4-9-10-11-12;7-5-2-1-4(8)3-6(5)9(10)11;7-5-3-1-2-4-6-8;1-7(2,3)6-5-4/h5-6,9,12,16-20,27-30H,1-4,7-8,10-11H2;5-6,9-10,14,20H,1-4,7-8H2;5-6,8-10,14H,1-4,7H2;1-4H;1-3H,8H2;8H,1-7H2;1-3H3/t16-,17+,18-,19-;;;;;;/m1....../s1. The van der Waals surface area contributed by atoms with E-state index in [-0.39, 0.29) is 42.5 Å². The topological polar surface area (TPSA) is 669 Å². The number of anilines is 4. The van der Waals surface area contributed by atoms with Crippen LogP contribution in [-0.4, -0.2) is 239 Å². The van der Waals surface area contributed by atoms with Crippen molar-refractivity contribution >= 4 is 65.7 Å². The molecule has 0 radical (unpaired) electrons. The highest BCUT2D eigenvalue weighted by atomic mass is 28.3. The lowest BCUT2D eigenvalue weighted by atomic mass is 9.94. The Morgan fingerprint density at radius 2 is 0.863 bits per heavy atom. The molecule has 5 aromatic carbocycles. The fourth-order valence-electron chi connectivity index (χ4n) is 10.4. The van der Waals surface area contributed by atoms with Crippen molar-refractivity contribution in [2.75, 3.05) is 80.8 Å². The zero-order chi connectivity index (χ0) is 86.1. The number of hydrogen-bond acceptors (Lipinski definition) is 36. The Bertz CT molecular complexity index is 4460. The van der Waals surface area contributed by atoms with E-state index in [2.05, 4.69) is 87.7 Å². The molecular formula is C67H96F2N30O17Si. The molecule has 0 amide bonds. The summed E-state index contributed by atoms with van der Waals surface area (Å²) in [4.78, 5) is 66.1. The van der Waals surface area contributed by atoms with Gasteiger partial charge in [0.15, 0.2) is 0 Å². The number of piperidine rings is 1. The fourth-order valence-corrected chi connectivity index (χ4v) is 10.7. The molecule has 9 aromatic rings. The minimum Gasteiger partial charge on any atom is -0.399 e.